The second kappa shape index (κ2) is 9.31. The molecule has 0 unspecified atom stereocenters. The normalized spacial score (nSPS) is 13.4. The van der Waals surface area contributed by atoms with E-state index in [1.165, 1.54) is 12.0 Å². The van der Waals surface area contributed by atoms with E-state index in [9.17, 15) is 9.59 Å². The molecule has 0 saturated carbocycles. The lowest BCUT2D eigenvalue weighted by Gasteiger charge is -2.19. The van der Waals surface area contributed by atoms with Gasteiger partial charge in [-0.2, -0.15) is 0 Å². The minimum atomic E-state index is -0.431. The molecule has 1 aliphatic rings. The van der Waals surface area contributed by atoms with Crippen LogP contribution in [0, 0.1) is 13.8 Å². The van der Waals surface area contributed by atoms with Gasteiger partial charge in [0.1, 0.15) is 11.4 Å². The van der Waals surface area contributed by atoms with Gasteiger partial charge >= 0.3 is 0 Å². The Hall–Kier alpha value is -4.26. The Morgan fingerprint density at radius 1 is 0.765 bits per heavy atom. The number of hydrogen-bond acceptors (Lipinski definition) is 6. The van der Waals surface area contributed by atoms with Crippen LogP contribution in [0.2, 0.25) is 0 Å². The summed E-state index contributed by atoms with van der Waals surface area (Å²) in [5.74, 6) is 0.888. The summed E-state index contributed by atoms with van der Waals surface area (Å²) in [4.78, 5) is 28.6. The van der Waals surface area contributed by atoms with E-state index in [1.807, 2.05) is 26.0 Å². The predicted molar refractivity (Wildman–Crippen MR) is 131 cm³/mol. The molecule has 0 aliphatic carbocycles. The molecule has 0 saturated heterocycles. The van der Waals surface area contributed by atoms with Crippen LogP contribution in [0.1, 0.15) is 16.7 Å². The molecule has 1 N–H and O–H groups in total. The van der Waals surface area contributed by atoms with Crippen molar-refractivity contribution in [2.24, 2.45) is 0 Å². The van der Waals surface area contributed by atoms with Crippen molar-refractivity contribution in [3.63, 3.8) is 0 Å². The zero-order chi connectivity index (χ0) is 24.4. The van der Waals surface area contributed by atoms with Crippen LogP contribution < -0.4 is 24.4 Å². The van der Waals surface area contributed by atoms with Crippen molar-refractivity contribution in [2.75, 3.05) is 31.5 Å². The van der Waals surface area contributed by atoms with Gasteiger partial charge in [0, 0.05) is 11.8 Å². The Morgan fingerprint density at radius 2 is 1.47 bits per heavy atom. The maximum Gasteiger partial charge on any atom is 0.282 e. The van der Waals surface area contributed by atoms with Crippen LogP contribution in [-0.2, 0) is 9.59 Å². The molecule has 0 spiro atoms. The van der Waals surface area contributed by atoms with Gasteiger partial charge in [-0.3, -0.25) is 9.59 Å². The second-order valence-corrected chi connectivity index (χ2v) is 7.84. The van der Waals surface area contributed by atoms with Crippen LogP contribution >= 0.6 is 0 Å². The summed E-state index contributed by atoms with van der Waals surface area (Å²) >= 11 is 0. The zero-order valence-electron chi connectivity index (χ0n) is 19.8. The molecule has 2 amide bonds. The summed E-state index contributed by atoms with van der Waals surface area (Å²) in [5.41, 5.74) is 4.07. The molecule has 1 aliphatic heterocycles. The maximum atomic E-state index is 13.7. The number of methoxy groups -OCH3 is 3. The number of hydrogen-bond donors (Lipinski definition) is 1. The van der Waals surface area contributed by atoms with Crippen LogP contribution in [0.5, 0.6) is 17.2 Å². The number of anilines is 2. The summed E-state index contributed by atoms with van der Waals surface area (Å²) in [5, 5.41) is 3.16. The highest BCUT2D eigenvalue weighted by Gasteiger charge is 2.41. The van der Waals surface area contributed by atoms with Crippen LogP contribution in [0.15, 0.2) is 66.4 Å². The largest absolute Gasteiger partial charge is 0.497 e. The molecular formula is C27H26N2O5. The van der Waals surface area contributed by atoms with Crippen LogP contribution in [-0.4, -0.2) is 33.1 Å². The van der Waals surface area contributed by atoms with Crippen molar-refractivity contribution < 1.29 is 23.8 Å². The first-order chi connectivity index (χ1) is 16.4. The minimum Gasteiger partial charge on any atom is -0.497 e. The van der Waals surface area contributed by atoms with Crippen molar-refractivity contribution >= 4 is 28.8 Å². The highest BCUT2D eigenvalue weighted by molar-refractivity contribution is 6.46. The number of nitrogens with one attached hydrogen (secondary N) is 1. The van der Waals surface area contributed by atoms with E-state index in [-0.39, 0.29) is 11.3 Å². The first kappa shape index (κ1) is 22.9. The number of nitrogens with zero attached hydrogens (tertiary/aromatic N) is 1. The summed E-state index contributed by atoms with van der Waals surface area (Å²) < 4.78 is 15.9. The van der Waals surface area contributed by atoms with Gasteiger partial charge < -0.3 is 19.5 Å². The fraction of sp³-hybridized carbons (Fsp3) is 0.185. The molecule has 34 heavy (non-hydrogen) atoms. The maximum absolute atomic E-state index is 13.7. The van der Waals surface area contributed by atoms with Gasteiger partial charge in [0.2, 0.25) is 0 Å². The average Bonchev–Trinajstić information content (AvgIpc) is 3.09. The van der Waals surface area contributed by atoms with Gasteiger partial charge in [-0.1, -0.05) is 24.3 Å². The van der Waals surface area contributed by atoms with E-state index in [2.05, 4.69) is 5.32 Å². The topological polar surface area (TPSA) is 77.1 Å². The number of amides is 2. The fourth-order valence-electron chi connectivity index (χ4n) is 3.93. The fourth-order valence-corrected chi connectivity index (χ4v) is 3.93. The van der Waals surface area contributed by atoms with Crippen molar-refractivity contribution in [3.05, 3.63) is 83.1 Å². The van der Waals surface area contributed by atoms with E-state index in [0.29, 0.717) is 34.2 Å². The lowest BCUT2D eigenvalue weighted by Crippen LogP contribution is -2.33. The van der Waals surface area contributed by atoms with E-state index in [1.54, 1.807) is 62.8 Å². The van der Waals surface area contributed by atoms with E-state index in [0.717, 1.165) is 11.1 Å². The first-order valence-corrected chi connectivity index (χ1v) is 10.7. The number of aryl methyl sites for hydroxylation is 1. The van der Waals surface area contributed by atoms with Crippen LogP contribution in [0.25, 0.3) is 5.57 Å². The molecule has 0 aromatic heterocycles. The van der Waals surface area contributed by atoms with Crippen molar-refractivity contribution in [3.8, 4) is 17.2 Å². The third-order valence-corrected chi connectivity index (χ3v) is 5.93. The predicted octanol–water partition coefficient (Wildman–Crippen LogP) is 4.73. The summed E-state index contributed by atoms with van der Waals surface area (Å²) in [6.07, 6.45) is 0. The smallest absolute Gasteiger partial charge is 0.282 e. The molecule has 0 fully saturated rings. The van der Waals surface area contributed by atoms with Gasteiger partial charge in [-0.25, -0.2) is 4.90 Å². The Labute approximate surface area is 198 Å². The molecular weight excluding hydrogens is 432 g/mol. The lowest BCUT2D eigenvalue weighted by atomic mass is 10.0. The zero-order valence-corrected chi connectivity index (χ0v) is 19.8. The first-order valence-electron chi connectivity index (χ1n) is 10.7. The van der Waals surface area contributed by atoms with Gasteiger partial charge in [-0.15, -0.1) is 0 Å². The quantitative estimate of drug-likeness (QED) is 0.516. The van der Waals surface area contributed by atoms with Gasteiger partial charge in [0.25, 0.3) is 11.8 Å². The Balaban J connectivity index is 1.83. The Kier molecular flexibility index (Phi) is 6.27. The SMILES string of the molecule is COc1ccc(C2=C(Nc3ccc(OC)c(OC)c3)C(=O)N(c3cccc(C)c3C)C2=O)cc1. The molecule has 0 atom stereocenters. The van der Waals surface area contributed by atoms with Gasteiger partial charge in [-0.05, 0) is 60.9 Å². The van der Waals surface area contributed by atoms with Gasteiger partial charge in [0.15, 0.2) is 11.5 Å². The van der Waals surface area contributed by atoms with Gasteiger partial charge in [0.05, 0.1) is 32.6 Å². The monoisotopic (exact) mass is 458 g/mol. The molecule has 0 radical (unpaired) electrons. The highest BCUT2D eigenvalue weighted by atomic mass is 16.5. The Morgan fingerprint density at radius 3 is 2.12 bits per heavy atom. The molecule has 4 rings (SSSR count). The molecule has 1 heterocycles. The minimum absolute atomic E-state index is 0.184. The molecule has 7 nitrogen and oxygen atoms in total. The standard InChI is InChI=1S/C27H26N2O5/c1-16-7-6-8-21(17(16)2)29-26(30)24(18-9-12-20(32-3)13-10-18)25(27(29)31)28-19-11-14-22(33-4)23(15-19)34-5/h6-15,28H,1-5H3. The third kappa shape index (κ3) is 3.96. The van der Waals surface area contributed by atoms with Crippen LogP contribution in [0.3, 0.4) is 0 Å². The number of rotatable bonds is 7. The number of carbonyl (C=O) groups is 2. The third-order valence-electron chi connectivity index (χ3n) is 5.93. The molecule has 0 bridgehead atoms. The molecule has 3 aromatic carbocycles. The molecule has 7 heteroatoms. The van der Waals surface area contributed by atoms with Crippen molar-refractivity contribution in [1.82, 2.24) is 0 Å². The van der Waals surface area contributed by atoms with Crippen molar-refractivity contribution in [2.45, 2.75) is 13.8 Å². The summed E-state index contributed by atoms with van der Waals surface area (Å²) in [6, 6.07) is 17.8. The Bertz CT molecular complexity index is 1290. The number of benzene rings is 3. The van der Waals surface area contributed by atoms with E-state index < -0.39 is 11.8 Å². The second-order valence-electron chi connectivity index (χ2n) is 7.84. The summed E-state index contributed by atoms with van der Waals surface area (Å²) in [7, 11) is 4.66. The number of carbonyl (C=O) groups excluding carboxylic acids is 2. The highest BCUT2D eigenvalue weighted by Crippen LogP contribution is 2.37. The molecule has 174 valence electrons. The number of ether oxygens (including phenoxy) is 3. The molecule has 3 aromatic rings. The van der Waals surface area contributed by atoms with E-state index >= 15 is 0 Å². The average molecular weight is 459 g/mol. The van der Waals surface area contributed by atoms with Crippen molar-refractivity contribution in [1.29, 1.82) is 0 Å². The lowest BCUT2D eigenvalue weighted by molar-refractivity contribution is -0.120. The number of imide groups is 1. The summed E-state index contributed by atoms with van der Waals surface area (Å²) in [6.45, 7) is 3.85. The van der Waals surface area contributed by atoms with E-state index in [4.69, 9.17) is 14.2 Å². The van der Waals surface area contributed by atoms with Crippen LogP contribution in [0.4, 0.5) is 11.4 Å².